The first kappa shape index (κ1) is 5.24. The maximum atomic E-state index is 4.50. The van der Waals surface area contributed by atoms with Crippen molar-refractivity contribution in [3.63, 3.8) is 0 Å². The lowest BCUT2D eigenvalue weighted by Crippen LogP contribution is -1.61. The van der Waals surface area contributed by atoms with Crippen molar-refractivity contribution in [2.24, 2.45) is 0 Å². The number of hydrogen-bond acceptors (Lipinski definition) is 3. The number of ether oxygens (including phenoxy) is 1. The van der Waals surface area contributed by atoms with Gasteiger partial charge in [-0.25, -0.2) is 0 Å². The molecule has 8 heavy (non-hydrogen) atoms. The highest BCUT2D eigenvalue weighted by Gasteiger charge is 1.94. The molecular formula is C4H7N3O. The number of aromatic amines is 1. The van der Waals surface area contributed by atoms with E-state index in [-0.39, 0.29) is 0 Å². The van der Waals surface area contributed by atoms with Crippen LogP contribution in [0.1, 0.15) is 0 Å². The fraction of sp³-hybridized carbons (Fsp3) is 0.500. The summed E-state index contributed by atoms with van der Waals surface area (Å²) in [7, 11) is 0. The zero-order valence-corrected chi connectivity index (χ0v) is 4.37. The zero-order chi connectivity index (χ0) is 5.66. The molecule has 0 spiro atoms. The number of aromatic nitrogens is 3. The van der Waals surface area contributed by atoms with E-state index >= 15 is 0 Å². The van der Waals surface area contributed by atoms with Gasteiger partial charge in [-0.2, -0.15) is 0 Å². The van der Waals surface area contributed by atoms with Gasteiger partial charge >= 0.3 is 0 Å². The van der Waals surface area contributed by atoms with Crippen molar-refractivity contribution in [3.8, 4) is 0 Å². The number of rotatable bonds is 0. The van der Waals surface area contributed by atoms with Crippen molar-refractivity contribution in [2.75, 3.05) is 13.2 Å². The van der Waals surface area contributed by atoms with E-state index in [4.69, 9.17) is 0 Å². The van der Waals surface area contributed by atoms with Crippen molar-refractivity contribution in [1.29, 1.82) is 0 Å². The fourth-order valence-corrected chi connectivity index (χ4v) is 0.167. The van der Waals surface area contributed by atoms with Crippen LogP contribution < -0.4 is 0 Å². The molecule has 0 amide bonds. The Balaban J connectivity index is 0.0000000907. The molecule has 44 valence electrons. The van der Waals surface area contributed by atoms with Crippen LogP contribution in [-0.2, 0) is 4.74 Å². The quantitative estimate of drug-likeness (QED) is 0.475. The van der Waals surface area contributed by atoms with Gasteiger partial charge in [-0.05, 0) is 0 Å². The third-order valence-electron chi connectivity index (χ3n) is 0.535. The van der Waals surface area contributed by atoms with Gasteiger partial charge in [-0.15, -0.1) is 5.10 Å². The van der Waals surface area contributed by atoms with Crippen LogP contribution in [0.4, 0.5) is 0 Å². The molecule has 1 saturated heterocycles. The van der Waals surface area contributed by atoms with Crippen molar-refractivity contribution in [1.82, 2.24) is 15.4 Å². The van der Waals surface area contributed by atoms with Crippen molar-refractivity contribution in [3.05, 3.63) is 12.4 Å². The average molecular weight is 113 g/mol. The maximum Gasteiger partial charge on any atom is 0.0701 e. The van der Waals surface area contributed by atoms with Gasteiger partial charge < -0.3 is 4.74 Å². The van der Waals surface area contributed by atoms with Gasteiger partial charge in [-0.3, -0.25) is 5.10 Å². The Morgan fingerprint density at radius 2 is 2.25 bits per heavy atom. The van der Waals surface area contributed by atoms with Gasteiger partial charge in [-0.1, -0.05) is 5.21 Å². The van der Waals surface area contributed by atoms with Gasteiger partial charge in [0.25, 0.3) is 0 Å². The topological polar surface area (TPSA) is 54.1 Å². The van der Waals surface area contributed by atoms with Gasteiger partial charge in [0.2, 0.25) is 0 Å². The average Bonchev–Trinajstić information content (AvgIpc) is 2.55. The summed E-state index contributed by atoms with van der Waals surface area (Å²) in [6, 6.07) is 0. The lowest BCUT2D eigenvalue weighted by Gasteiger charge is -1.46. The Labute approximate surface area is 46.9 Å². The van der Waals surface area contributed by atoms with Crippen LogP contribution in [0.15, 0.2) is 12.4 Å². The minimum atomic E-state index is 1.00. The second kappa shape index (κ2) is 3.15. The number of epoxide rings is 1. The zero-order valence-electron chi connectivity index (χ0n) is 4.37. The molecule has 0 bridgehead atoms. The first-order valence-corrected chi connectivity index (χ1v) is 2.38. The summed E-state index contributed by atoms with van der Waals surface area (Å²) >= 11 is 0. The summed E-state index contributed by atoms with van der Waals surface area (Å²) in [5.41, 5.74) is 0. The van der Waals surface area contributed by atoms with Gasteiger partial charge in [0.15, 0.2) is 0 Å². The molecule has 1 N–H and O–H groups in total. The molecule has 1 aromatic heterocycles. The SMILES string of the molecule is C1CO1.c1c[nH]nn1. The summed E-state index contributed by atoms with van der Waals surface area (Å²) in [6.45, 7) is 2.00. The molecule has 1 aromatic rings. The van der Waals surface area contributed by atoms with E-state index in [2.05, 4.69) is 20.1 Å². The minimum Gasteiger partial charge on any atom is -0.377 e. The summed E-state index contributed by atoms with van der Waals surface area (Å²) in [4.78, 5) is 0. The molecule has 0 radical (unpaired) electrons. The molecular weight excluding hydrogens is 106 g/mol. The van der Waals surface area contributed by atoms with Crippen LogP contribution in [-0.4, -0.2) is 28.6 Å². The van der Waals surface area contributed by atoms with E-state index in [9.17, 15) is 0 Å². The monoisotopic (exact) mass is 113 g/mol. The Morgan fingerprint density at radius 3 is 2.38 bits per heavy atom. The first-order chi connectivity index (χ1) is 4.00. The predicted octanol–water partition coefficient (Wildman–Crippen LogP) is -0.179. The van der Waals surface area contributed by atoms with Crippen molar-refractivity contribution >= 4 is 0 Å². The smallest absolute Gasteiger partial charge is 0.0701 e. The third-order valence-corrected chi connectivity index (χ3v) is 0.535. The molecule has 4 heteroatoms. The number of nitrogens with one attached hydrogen (secondary N) is 1. The fourth-order valence-electron chi connectivity index (χ4n) is 0.167. The van der Waals surface area contributed by atoms with E-state index in [0.717, 1.165) is 13.2 Å². The highest BCUT2D eigenvalue weighted by Crippen LogP contribution is 1.84. The largest absolute Gasteiger partial charge is 0.377 e. The molecule has 4 nitrogen and oxygen atoms in total. The van der Waals surface area contributed by atoms with E-state index in [1.165, 1.54) is 0 Å². The summed E-state index contributed by atoms with van der Waals surface area (Å²) in [6.07, 6.45) is 3.24. The summed E-state index contributed by atoms with van der Waals surface area (Å²) in [5.74, 6) is 0. The van der Waals surface area contributed by atoms with Crippen LogP contribution >= 0.6 is 0 Å². The second-order valence-corrected chi connectivity index (χ2v) is 1.27. The standard InChI is InChI=1S/C2H3N3.C2H4O/c1-2-4-5-3-1;1-2-3-1/h1-2H,(H,3,4,5);1-2H2. The van der Waals surface area contributed by atoms with Crippen LogP contribution in [0.5, 0.6) is 0 Å². The van der Waals surface area contributed by atoms with Gasteiger partial charge in [0.05, 0.1) is 19.4 Å². The molecule has 0 aliphatic carbocycles. The molecule has 0 saturated carbocycles. The number of nitrogens with zero attached hydrogens (tertiary/aromatic N) is 2. The van der Waals surface area contributed by atoms with Crippen LogP contribution in [0.25, 0.3) is 0 Å². The molecule has 1 aliphatic heterocycles. The van der Waals surface area contributed by atoms with Crippen LogP contribution in [0.2, 0.25) is 0 Å². The molecule has 0 unspecified atom stereocenters. The van der Waals surface area contributed by atoms with Crippen molar-refractivity contribution in [2.45, 2.75) is 0 Å². The maximum absolute atomic E-state index is 4.50. The summed E-state index contributed by atoms with van der Waals surface area (Å²) < 4.78 is 4.50. The molecule has 0 atom stereocenters. The van der Waals surface area contributed by atoms with Crippen LogP contribution in [0.3, 0.4) is 0 Å². The lowest BCUT2D eigenvalue weighted by molar-refractivity contribution is 0.475. The molecule has 0 aromatic carbocycles. The Morgan fingerprint density at radius 1 is 1.50 bits per heavy atom. The number of H-pyrrole nitrogens is 1. The third kappa shape index (κ3) is 3.30. The van der Waals surface area contributed by atoms with Crippen molar-refractivity contribution < 1.29 is 4.74 Å². The van der Waals surface area contributed by atoms with E-state index in [0.29, 0.717) is 0 Å². The van der Waals surface area contributed by atoms with Gasteiger partial charge in [0, 0.05) is 6.20 Å². The Bertz CT molecular complexity index is 94.9. The Kier molecular flexibility index (Phi) is 2.06. The highest BCUT2D eigenvalue weighted by atomic mass is 16.6. The normalized spacial score (nSPS) is 14.0. The van der Waals surface area contributed by atoms with E-state index in [1.807, 2.05) is 0 Å². The minimum absolute atomic E-state index is 1.00. The first-order valence-electron chi connectivity index (χ1n) is 2.38. The summed E-state index contributed by atoms with van der Waals surface area (Å²) in [5, 5.41) is 9.26. The predicted molar refractivity (Wildman–Crippen MR) is 27.2 cm³/mol. The van der Waals surface area contributed by atoms with Crippen LogP contribution in [0, 0.1) is 0 Å². The van der Waals surface area contributed by atoms with Gasteiger partial charge in [0.1, 0.15) is 0 Å². The van der Waals surface area contributed by atoms with E-state index in [1.54, 1.807) is 12.4 Å². The molecule has 1 aliphatic rings. The second-order valence-electron chi connectivity index (χ2n) is 1.27. The molecule has 2 heterocycles. The molecule has 2 rings (SSSR count). The van der Waals surface area contributed by atoms with E-state index < -0.39 is 0 Å². The highest BCUT2D eigenvalue weighted by molar-refractivity contribution is 4.54. The Hall–Kier alpha value is -0.900. The lowest BCUT2D eigenvalue weighted by atomic mass is 11.0. The molecule has 1 fully saturated rings. The number of hydrogen-bond donors (Lipinski definition) is 1.